The SMILES string of the molecule is CC(=O)c1ccc(-n2cc(-c3ccc(S(=O)(=O)N4CCN(C(=O)c5ccccc5)C[C@H]4C)s3)nn2)cc1. The lowest BCUT2D eigenvalue weighted by atomic mass is 10.1. The number of piperazine rings is 1. The second-order valence-electron chi connectivity index (χ2n) is 8.85. The fourth-order valence-corrected chi connectivity index (χ4v) is 7.31. The summed E-state index contributed by atoms with van der Waals surface area (Å²) >= 11 is 1.14. The van der Waals surface area contributed by atoms with Gasteiger partial charge in [0.05, 0.1) is 16.8 Å². The fraction of sp³-hybridized carbons (Fsp3) is 0.231. The number of sulfonamides is 1. The summed E-state index contributed by atoms with van der Waals surface area (Å²) in [5.41, 5.74) is 2.49. The van der Waals surface area contributed by atoms with Crippen molar-refractivity contribution in [2.24, 2.45) is 0 Å². The monoisotopic (exact) mass is 535 g/mol. The van der Waals surface area contributed by atoms with Crippen LogP contribution in [0, 0.1) is 0 Å². The molecule has 0 saturated carbocycles. The lowest BCUT2D eigenvalue weighted by Crippen LogP contribution is -2.55. The Hall–Kier alpha value is -3.67. The molecule has 0 bridgehead atoms. The minimum absolute atomic E-state index is 0.0170. The number of hydrogen-bond acceptors (Lipinski definition) is 7. The summed E-state index contributed by atoms with van der Waals surface area (Å²) in [7, 11) is -3.74. The zero-order valence-electron chi connectivity index (χ0n) is 20.3. The van der Waals surface area contributed by atoms with Crippen molar-refractivity contribution >= 4 is 33.1 Å². The average molecular weight is 536 g/mol. The fourth-order valence-electron chi connectivity index (χ4n) is 4.31. The lowest BCUT2D eigenvalue weighted by molar-refractivity contribution is 0.0642. The van der Waals surface area contributed by atoms with Crippen molar-refractivity contribution < 1.29 is 18.0 Å². The topological polar surface area (TPSA) is 105 Å². The van der Waals surface area contributed by atoms with Crippen molar-refractivity contribution in [3.8, 4) is 16.3 Å². The van der Waals surface area contributed by atoms with Gasteiger partial charge >= 0.3 is 0 Å². The van der Waals surface area contributed by atoms with Crippen LogP contribution < -0.4 is 0 Å². The Morgan fingerprint density at radius 3 is 2.35 bits per heavy atom. The Kier molecular flexibility index (Phi) is 6.76. The van der Waals surface area contributed by atoms with Gasteiger partial charge in [-0.3, -0.25) is 9.59 Å². The van der Waals surface area contributed by atoms with Crippen LogP contribution >= 0.6 is 11.3 Å². The first-order valence-electron chi connectivity index (χ1n) is 11.7. The van der Waals surface area contributed by atoms with Gasteiger partial charge in [0.1, 0.15) is 9.90 Å². The van der Waals surface area contributed by atoms with Gasteiger partial charge in [-0.2, -0.15) is 4.31 Å². The number of nitrogens with zero attached hydrogens (tertiary/aromatic N) is 5. The first-order chi connectivity index (χ1) is 17.7. The van der Waals surface area contributed by atoms with Crippen molar-refractivity contribution in [1.82, 2.24) is 24.2 Å². The third kappa shape index (κ3) is 4.97. The lowest BCUT2D eigenvalue weighted by Gasteiger charge is -2.38. The molecular formula is C26H25N5O4S2. The molecule has 1 amide bonds. The van der Waals surface area contributed by atoms with E-state index >= 15 is 0 Å². The molecule has 1 aliphatic heterocycles. The van der Waals surface area contributed by atoms with Gasteiger partial charge in [0.25, 0.3) is 15.9 Å². The van der Waals surface area contributed by atoms with Gasteiger partial charge in [-0.1, -0.05) is 23.4 Å². The molecule has 0 spiro atoms. The number of amides is 1. The molecule has 2 aromatic carbocycles. The molecule has 0 N–H and O–H groups in total. The van der Waals surface area contributed by atoms with Crippen LogP contribution in [0.1, 0.15) is 34.6 Å². The van der Waals surface area contributed by atoms with Crippen LogP contribution in [0.4, 0.5) is 0 Å². The van der Waals surface area contributed by atoms with Gasteiger partial charge in [-0.25, -0.2) is 13.1 Å². The second-order valence-corrected chi connectivity index (χ2v) is 12.1. The molecule has 1 aliphatic rings. The van der Waals surface area contributed by atoms with Crippen molar-refractivity contribution in [2.75, 3.05) is 19.6 Å². The molecule has 0 aliphatic carbocycles. The summed E-state index contributed by atoms with van der Waals surface area (Å²) in [5.74, 6) is -0.112. The van der Waals surface area contributed by atoms with Gasteiger partial charge in [-0.05, 0) is 62.4 Å². The van der Waals surface area contributed by atoms with Crippen molar-refractivity contribution in [3.63, 3.8) is 0 Å². The van der Waals surface area contributed by atoms with Crippen molar-refractivity contribution in [2.45, 2.75) is 24.1 Å². The molecule has 2 aromatic heterocycles. The Bertz CT molecular complexity index is 1550. The van der Waals surface area contributed by atoms with E-state index in [0.717, 1.165) is 17.0 Å². The highest BCUT2D eigenvalue weighted by Crippen LogP contribution is 2.33. The molecule has 11 heteroatoms. The highest BCUT2D eigenvalue weighted by atomic mass is 32.2. The number of Topliss-reactive ketones (excluding diaryl/α,β-unsaturated/α-hetero) is 1. The predicted molar refractivity (Wildman–Crippen MR) is 140 cm³/mol. The van der Waals surface area contributed by atoms with Crippen LogP contribution in [-0.2, 0) is 10.0 Å². The van der Waals surface area contributed by atoms with Crippen LogP contribution in [0.15, 0.2) is 77.1 Å². The maximum Gasteiger partial charge on any atom is 0.253 e. The molecule has 190 valence electrons. The number of carbonyl (C=O) groups is 2. The summed E-state index contributed by atoms with van der Waals surface area (Å²) in [6.45, 7) is 4.20. The molecule has 1 fully saturated rings. The van der Waals surface area contributed by atoms with Gasteiger partial charge in [0, 0.05) is 36.8 Å². The van der Waals surface area contributed by atoms with Gasteiger partial charge in [0.15, 0.2) is 5.78 Å². The van der Waals surface area contributed by atoms with E-state index in [9.17, 15) is 18.0 Å². The normalized spacial score (nSPS) is 16.6. The van der Waals surface area contributed by atoms with Gasteiger partial charge in [0.2, 0.25) is 0 Å². The summed E-state index contributed by atoms with van der Waals surface area (Å²) in [5, 5.41) is 8.36. The van der Waals surface area contributed by atoms with Crippen LogP contribution in [0.2, 0.25) is 0 Å². The van der Waals surface area contributed by atoms with E-state index in [4.69, 9.17) is 0 Å². The molecule has 0 unspecified atom stereocenters. The number of benzene rings is 2. The first kappa shape index (κ1) is 25.0. The van der Waals surface area contributed by atoms with Gasteiger partial charge in [-0.15, -0.1) is 16.4 Å². The third-order valence-electron chi connectivity index (χ3n) is 6.30. The number of ketones is 1. The van der Waals surface area contributed by atoms with E-state index in [2.05, 4.69) is 10.3 Å². The quantitative estimate of drug-likeness (QED) is 0.349. The Morgan fingerprint density at radius 2 is 1.68 bits per heavy atom. The smallest absolute Gasteiger partial charge is 0.253 e. The molecule has 3 heterocycles. The van der Waals surface area contributed by atoms with E-state index in [0.29, 0.717) is 34.8 Å². The standard InChI is InChI=1S/C26H25N5O4S2/c1-18-16-29(26(33)21-6-4-3-5-7-21)14-15-31(18)37(34,35)25-13-12-24(36-25)23-17-30(28-27-23)22-10-8-20(9-11-22)19(2)32/h3-13,17-18H,14-16H2,1-2H3/t18-/m1/s1. The van der Waals surface area contributed by atoms with E-state index in [1.807, 2.05) is 25.1 Å². The number of carbonyl (C=O) groups excluding carboxylic acids is 2. The van der Waals surface area contributed by atoms with E-state index in [-0.39, 0.29) is 28.5 Å². The summed E-state index contributed by atoms with van der Waals surface area (Å²) in [6, 6.07) is 19.0. The molecule has 9 nitrogen and oxygen atoms in total. The van der Waals surface area contributed by atoms with Crippen LogP contribution in [0.5, 0.6) is 0 Å². The Labute approximate surface area is 219 Å². The van der Waals surface area contributed by atoms with Crippen molar-refractivity contribution in [3.05, 3.63) is 84.1 Å². The molecule has 37 heavy (non-hydrogen) atoms. The summed E-state index contributed by atoms with van der Waals surface area (Å²) < 4.78 is 30.2. The van der Waals surface area contributed by atoms with E-state index in [1.165, 1.54) is 11.2 Å². The summed E-state index contributed by atoms with van der Waals surface area (Å²) in [6.07, 6.45) is 1.72. The minimum Gasteiger partial charge on any atom is -0.336 e. The Balaban J connectivity index is 1.30. The minimum atomic E-state index is -3.74. The number of aromatic nitrogens is 3. The van der Waals surface area contributed by atoms with Crippen LogP contribution in [-0.4, -0.2) is 70.0 Å². The molecule has 1 saturated heterocycles. The zero-order valence-corrected chi connectivity index (χ0v) is 21.9. The molecule has 0 radical (unpaired) electrons. The number of hydrogen-bond donors (Lipinski definition) is 0. The molecule has 5 rings (SSSR count). The largest absolute Gasteiger partial charge is 0.336 e. The second kappa shape index (κ2) is 10.0. The highest BCUT2D eigenvalue weighted by Gasteiger charge is 2.36. The Morgan fingerprint density at radius 1 is 0.946 bits per heavy atom. The summed E-state index contributed by atoms with van der Waals surface area (Å²) in [4.78, 5) is 26.7. The number of rotatable bonds is 6. The van der Waals surface area contributed by atoms with Crippen molar-refractivity contribution in [1.29, 1.82) is 0 Å². The highest BCUT2D eigenvalue weighted by molar-refractivity contribution is 7.91. The van der Waals surface area contributed by atoms with Crippen LogP contribution in [0.3, 0.4) is 0 Å². The van der Waals surface area contributed by atoms with Gasteiger partial charge < -0.3 is 4.90 Å². The predicted octanol–water partition coefficient (Wildman–Crippen LogP) is 3.73. The van der Waals surface area contributed by atoms with E-state index < -0.39 is 10.0 Å². The third-order valence-corrected chi connectivity index (χ3v) is 9.89. The number of thiophene rings is 1. The maximum absolute atomic E-state index is 13.5. The zero-order chi connectivity index (χ0) is 26.2. The average Bonchev–Trinajstić information content (AvgIpc) is 3.59. The van der Waals surface area contributed by atoms with E-state index in [1.54, 1.807) is 64.3 Å². The first-order valence-corrected chi connectivity index (χ1v) is 14.0. The molecule has 1 atom stereocenters. The van der Waals surface area contributed by atoms with Crippen LogP contribution in [0.25, 0.3) is 16.3 Å². The maximum atomic E-state index is 13.5. The molecular weight excluding hydrogens is 510 g/mol. The molecule has 4 aromatic rings.